The van der Waals surface area contributed by atoms with Crippen molar-refractivity contribution in [2.45, 2.75) is 20.0 Å². The second-order valence-electron chi connectivity index (χ2n) is 5.12. The molecule has 0 amide bonds. The van der Waals surface area contributed by atoms with E-state index < -0.39 is 0 Å². The Bertz CT molecular complexity index is 638. The summed E-state index contributed by atoms with van der Waals surface area (Å²) in [6, 6.07) is 16.4. The molecule has 0 bridgehead atoms. The van der Waals surface area contributed by atoms with Crippen molar-refractivity contribution in [3.05, 3.63) is 65.2 Å². The molecule has 2 rings (SSSR count). The van der Waals surface area contributed by atoms with Crippen LogP contribution in [0.5, 0.6) is 5.75 Å². The molecule has 0 radical (unpaired) electrons. The molecule has 2 N–H and O–H groups in total. The van der Waals surface area contributed by atoms with Gasteiger partial charge < -0.3 is 15.4 Å². The molecule has 0 atom stereocenters. The summed E-state index contributed by atoms with van der Waals surface area (Å²) in [4.78, 5) is 4.25. The Morgan fingerprint density at radius 1 is 1.00 bits per heavy atom. The van der Waals surface area contributed by atoms with Crippen LogP contribution in [0.4, 0.5) is 0 Å². The first-order chi connectivity index (χ1) is 10.7. The first kappa shape index (κ1) is 15.9. The van der Waals surface area contributed by atoms with E-state index in [4.69, 9.17) is 4.74 Å². The highest BCUT2D eigenvalue weighted by Gasteiger charge is 2.00. The number of benzene rings is 2. The molecule has 0 aliphatic carbocycles. The lowest BCUT2D eigenvalue weighted by Crippen LogP contribution is -2.36. The van der Waals surface area contributed by atoms with Crippen LogP contribution in [-0.4, -0.2) is 20.1 Å². The molecule has 0 saturated carbocycles. The summed E-state index contributed by atoms with van der Waals surface area (Å²) >= 11 is 0. The number of ether oxygens (including phenoxy) is 1. The van der Waals surface area contributed by atoms with Crippen LogP contribution in [0.3, 0.4) is 0 Å². The molecular weight excluding hydrogens is 274 g/mol. The van der Waals surface area contributed by atoms with Gasteiger partial charge in [-0.3, -0.25) is 4.99 Å². The van der Waals surface area contributed by atoms with E-state index in [1.165, 1.54) is 11.1 Å². The first-order valence-electron chi connectivity index (χ1n) is 7.34. The number of nitrogens with zero attached hydrogens (tertiary/aromatic N) is 1. The van der Waals surface area contributed by atoms with Crippen LogP contribution in [0.1, 0.15) is 16.7 Å². The van der Waals surface area contributed by atoms with Crippen LogP contribution < -0.4 is 15.4 Å². The third kappa shape index (κ3) is 4.81. The van der Waals surface area contributed by atoms with Crippen LogP contribution in [-0.2, 0) is 13.1 Å². The van der Waals surface area contributed by atoms with Gasteiger partial charge in [-0.2, -0.15) is 0 Å². The standard InChI is InChI=1S/C18H23N3O/c1-14-6-4-7-15(10-14)12-20-18(19-2)21-13-16-8-5-9-17(11-16)22-3/h4-11H,12-13H2,1-3H3,(H2,19,20,21). The van der Waals surface area contributed by atoms with Crippen molar-refractivity contribution in [2.75, 3.05) is 14.2 Å². The van der Waals surface area contributed by atoms with Crippen LogP contribution in [0, 0.1) is 6.92 Å². The summed E-state index contributed by atoms with van der Waals surface area (Å²) in [7, 11) is 3.45. The van der Waals surface area contributed by atoms with E-state index in [9.17, 15) is 0 Å². The van der Waals surface area contributed by atoms with Crippen molar-refractivity contribution in [3.8, 4) is 5.75 Å². The summed E-state index contributed by atoms with van der Waals surface area (Å²) in [5.74, 6) is 1.64. The quantitative estimate of drug-likeness (QED) is 0.659. The maximum atomic E-state index is 5.23. The Morgan fingerprint density at radius 3 is 2.23 bits per heavy atom. The second-order valence-corrected chi connectivity index (χ2v) is 5.12. The number of methoxy groups -OCH3 is 1. The van der Waals surface area contributed by atoms with Gasteiger partial charge in [-0.15, -0.1) is 0 Å². The second kappa shape index (κ2) is 8.08. The molecule has 4 nitrogen and oxygen atoms in total. The molecule has 0 fully saturated rings. The molecule has 0 unspecified atom stereocenters. The minimum atomic E-state index is 0.699. The van der Waals surface area contributed by atoms with E-state index >= 15 is 0 Å². The Hall–Kier alpha value is -2.49. The SMILES string of the molecule is CN=C(NCc1cccc(C)c1)NCc1cccc(OC)c1. The fourth-order valence-corrected chi connectivity index (χ4v) is 2.20. The number of rotatable bonds is 5. The van der Waals surface area contributed by atoms with Gasteiger partial charge in [-0.25, -0.2) is 0 Å². The third-order valence-corrected chi connectivity index (χ3v) is 3.36. The lowest BCUT2D eigenvalue weighted by Gasteiger charge is -2.12. The fourth-order valence-electron chi connectivity index (χ4n) is 2.20. The zero-order chi connectivity index (χ0) is 15.8. The molecule has 0 heterocycles. The van der Waals surface area contributed by atoms with Gasteiger partial charge in [0.2, 0.25) is 0 Å². The molecule has 22 heavy (non-hydrogen) atoms. The molecule has 0 aromatic heterocycles. The van der Waals surface area contributed by atoms with Gasteiger partial charge in [0, 0.05) is 20.1 Å². The Labute approximate surface area is 132 Å². The molecule has 0 saturated heterocycles. The lowest BCUT2D eigenvalue weighted by atomic mass is 10.1. The highest BCUT2D eigenvalue weighted by Crippen LogP contribution is 2.12. The largest absolute Gasteiger partial charge is 0.497 e. The minimum Gasteiger partial charge on any atom is -0.497 e. The molecule has 0 aliphatic rings. The Balaban J connectivity index is 1.87. The average Bonchev–Trinajstić information content (AvgIpc) is 2.55. The average molecular weight is 297 g/mol. The van der Waals surface area contributed by atoms with Crippen molar-refractivity contribution in [1.29, 1.82) is 0 Å². The van der Waals surface area contributed by atoms with Gasteiger partial charge >= 0.3 is 0 Å². The zero-order valence-electron chi connectivity index (χ0n) is 13.4. The van der Waals surface area contributed by atoms with Gasteiger partial charge in [0.05, 0.1) is 7.11 Å². The van der Waals surface area contributed by atoms with Crippen LogP contribution in [0.15, 0.2) is 53.5 Å². The molecule has 2 aromatic rings. The topological polar surface area (TPSA) is 45.7 Å². The van der Waals surface area contributed by atoms with Crippen molar-refractivity contribution in [1.82, 2.24) is 10.6 Å². The summed E-state index contributed by atoms with van der Waals surface area (Å²) in [6.45, 7) is 3.55. The first-order valence-corrected chi connectivity index (χ1v) is 7.34. The van der Waals surface area contributed by atoms with Crippen LogP contribution in [0.2, 0.25) is 0 Å². The monoisotopic (exact) mass is 297 g/mol. The van der Waals surface area contributed by atoms with Gasteiger partial charge in [0.25, 0.3) is 0 Å². The van der Waals surface area contributed by atoms with Gasteiger partial charge in [0.1, 0.15) is 5.75 Å². The lowest BCUT2D eigenvalue weighted by molar-refractivity contribution is 0.414. The Morgan fingerprint density at radius 2 is 1.64 bits per heavy atom. The summed E-state index contributed by atoms with van der Waals surface area (Å²) < 4.78 is 5.23. The fraction of sp³-hybridized carbons (Fsp3) is 0.278. The van der Waals surface area contributed by atoms with E-state index in [-0.39, 0.29) is 0 Å². The van der Waals surface area contributed by atoms with E-state index in [1.807, 2.05) is 18.2 Å². The smallest absolute Gasteiger partial charge is 0.191 e. The minimum absolute atomic E-state index is 0.699. The van der Waals surface area contributed by atoms with Crippen molar-refractivity contribution < 1.29 is 4.74 Å². The predicted molar refractivity (Wildman–Crippen MR) is 91.2 cm³/mol. The van der Waals surface area contributed by atoms with Crippen molar-refractivity contribution in [3.63, 3.8) is 0 Å². The summed E-state index contributed by atoms with van der Waals surface area (Å²) in [5.41, 5.74) is 3.65. The van der Waals surface area contributed by atoms with Gasteiger partial charge in [-0.05, 0) is 30.2 Å². The number of hydrogen-bond donors (Lipinski definition) is 2. The van der Waals surface area contributed by atoms with Crippen molar-refractivity contribution >= 4 is 5.96 Å². The number of guanidine groups is 1. The number of aryl methyl sites for hydroxylation is 1. The molecule has 4 heteroatoms. The van der Waals surface area contributed by atoms with E-state index in [0.29, 0.717) is 6.54 Å². The van der Waals surface area contributed by atoms with Gasteiger partial charge in [-0.1, -0.05) is 42.0 Å². The van der Waals surface area contributed by atoms with Crippen LogP contribution >= 0.6 is 0 Å². The highest BCUT2D eigenvalue weighted by atomic mass is 16.5. The predicted octanol–water partition coefficient (Wildman–Crippen LogP) is 2.87. The molecular formula is C18H23N3O. The molecule has 0 spiro atoms. The highest BCUT2D eigenvalue weighted by molar-refractivity contribution is 5.79. The van der Waals surface area contributed by atoms with E-state index in [1.54, 1.807) is 14.2 Å². The van der Waals surface area contributed by atoms with Crippen LogP contribution in [0.25, 0.3) is 0 Å². The van der Waals surface area contributed by atoms with Crippen molar-refractivity contribution in [2.24, 2.45) is 4.99 Å². The number of aliphatic imine (C=N–C) groups is 1. The number of nitrogens with one attached hydrogen (secondary N) is 2. The van der Waals surface area contributed by atoms with E-state index in [0.717, 1.165) is 23.8 Å². The summed E-state index contributed by atoms with van der Waals surface area (Å²) in [5, 5.41) is 6.62. The third-order valence-electron chi connectivity index (χ3n) is 3.36. The van der Waals surface area contributed by atoms with Gasteiger partial charge in [0.15, 0.2) is 5.96 Å². The molecule has 116 valence electrons. The zero-order valence-corrected chi connectivity index (χ0v) is 13.4. The van der Waals surface area contributed by atoms with E-state index in [2.05, 4.69) is 52.9 Å². The molecule has 2 aromatic carbocycles. The molecule has 0 aliphatic heterocycles. The normalized spacial score (nSPS) is 11.1. The summed E-state index contributed by atoms with van der Waals surface area (Å²) in [6.07, 6.45) is 0. The Kier molecular flexibility index (Phi) is 5.83. The maximum Gasteiger partial charge on any atom is 0.191 e. The number of hydrogen-bond acceptors (Lipinski definition) is 2. The maximum absolute atomic E-state index is 5.23.